The van der Waals surface area contributed by atoms with Crippen molar-refractivity contribution in [1.29, 1.82) is 0 Å². The molecule has 0 radical (unpaired) electrons. The highest BCUT2D eigenvalue weighted by Crippen LogP contribution is 2.12. The van der Waals surface area contributed by atoms with E-state index in [2.05, 4.69) is 20.8 Å². The summed E-state index contributed by atoms with van der Waals surface area (Å²) in [6.07, 6.45) is 0.323. The van der Waals surface area contributed by atoms with Crippen LogP contribution in [0.4, 0.5) is 11.6 Å². The quantitative estimate of drug-likeness (QED) is 0.909. The third-order valence-corrected chi connectivity index (χ3v) is 2.92. The Hall–Kier alpha value is -2.43. The van der Waals surface area contributed by atoms with E-state index in [1.54, 1.807) is 12.1 Å². The Kier molecular flexibility index (Phi) is 4.75. The normalized spacial score (nSPS) is 11.1. The van der Waals surface area contributed by atoms with E-state index >= 15 is 0 Å². The molecular weight excluding hydrogens is 276 g/mol. The number of anilines is 2. The van der Waals surface area contributed by atoms with Gasteiger partial charge in [0.2, 0.25) is 5.91 Å². The molecule has 1 amide bonds. The molecule has 1 heterocycles. The zero-order valence-corrected chi connectivity index (χ0v) is 13.5. The zero-order valence-electron chi connectivity index (χ0n) is 13.5. The first kappa shape index (κ1) is 15.9. The molecule has 0 saturated heterocycles. The first-order valence-corrected chi connectivity index (χ1v) is 7.29. The maximum Gasteiger partial charge on any atom is 0.229 e. The van der Waals surface area contributed by atoms with E-state index in [1.807, 2.05) is 52.0 Å². The van der Waals surface area contributed by atoms with Crippen molar-refractivity contribution in [2.24, 2.45) is 0 Å². The average Bonchev–Trinajstić information content (AvgIpc) is 2.42. The maximum atomic E-state index is 12.0. The molecule has 0 fully saturated rings. The lowest BCUT2D eigenvalue weighted by atomic mass is 10.1. The second kappa shape index (κ2) is 6.56. The van der Waals surface area contributed by atoms with Gasteiger partial charge in [-0.15, -0.1) is 10.2 Å². The molecule has 0 atom stereocenters. The molecule has 0 spiro atoms. The van der Waals surface area contributed by atoms with Crippen LogP contribution < -0.4 is 10.6 Å². The number of hydrogen-bond donors (Lipinski definition) is 2. The Morgan fingerprint density at radius 2 is 1.59 bits per heavy atom. The van der Waals surface area contributed by atoms with Gasteiger partial charge in [-0.3, -0.25) is 4.79 Å². The Labute approximate surface area is 131 Å². The van der Waals surface area contributed by atoms with E-state index < -0.39 is 0 Å². The SMILES string of the molecule is Cc1ccc(CC(=O)Nc2ccc(NC(C)(C)C)nn2)cc1. The van der Waals surface area contributed by atoms with Gasteiger partial charge in [-0.25, -0.2) is 0 Å². The topological polar surface area (TPSA) is 66.9 Å². The predicted octanol–water partition coefficient (Wildman–Crippen LogP) is 3.18. The van der Waals surface area contributed by atoms with Crippen LogP contribution >= 0.6 is 0 Å². The number of hydrogen-bond acceptors (Lipinski definition) is 4. The minimum absolute atomic E-state index is 0.0785. The standard InChI is InChI=1S/C17H22N4O/c1-12-5-7-13(8-6-12)11-16(22)18-14-9-10-15(21-20-14)19-17(2,3)4/h5-10H,11H2,1-4H3,(H,19,21)(H,18,20,22). The van der Waals surface area contributed by atoms with Crippen LogP contribution in [0.2, 0.25) is 0 Å². The van der Waals surface area contributed by atoms with Gasteiger partial charge in [-0.1, -0.05) is 29.8 Å². The number of nitrogens with zero attached hydrogens (tertiary/aromatic N) is 2. The fourth-order valence-electron chi connectivity index (χ4n) is 1.93. The van der Waals surface area contributed by atoms with Gasteiger partial charge in [0, 0.05) is 5.54 Å². The molecule has 0 bridgehead atoms. The Morgan fingerprint density at radius 1 is 1.00 bits per heavy atom. The predicted molar refractivity (Wildman–Crippen MR) is 88.9 cm³/mol. The summed E-state index contributed by atoms with van der Waals surface area (Å²) in [6.45, 7) is 8.16. The summed E-state index contributed by atoms with van der Waals surface area (Å²) in [5.41, 5.74) is 2.07. The van der Waals surface area contributed by atoms with Crippen molar-refractivity contribution in [2.45, 2.75) is 39.7 Å². The van der Waals surface area contributed by atoms with Crippen molar-refractivity contribution in [3.63, 3.8) is 0 Å². The van der Waals surface area contributed by atoms with Crippen LogP contribution in [0.5, 0.6) is 0 Å². The number of carbonyl (C=O) groups is 1. The second-order valence-electron chi connectivity index (χ2n) is 6.39. The largest absolute Gasteiger partial charge is 0.364 e. The molecule has 2 rings (SSSR count). The molecule has 5 heteroatoms. The van der Waals surface area contributed by atoms with E-state index in [1.165, 1.54) is 5.56 Å². The highest BCUT2D eigenvalue weighted by Gasteiger charge is 2.11. The van der Waals surface area contributed by atoms with Gasteiger partial charge in [0.25, 0.3) is 0 Å². The molecule has 0 aliphatic rings. The van der Waals surface area contributed by atoms with E-state index in [-0.39, 0.29) is 11.4 Å². The number of aryl methyl sites for hydroxylation is 1. The third kappa shape index (κ3) is 5.16. The second-order valence-corrected chi connectivity index (χ2v) is 6.39. The van der Waals surface area contributed by atoms with Crippen LogP contribution in [0.15, 0.2) is 36.4 Å². The molecule has 0 aliphatic heterocycles. The summed E-state index contributed by atoms with van der Waals surface area (Å²) in [5.74, 6) is 1.04. The fraction of sp³-hybridized carbons (Fsp3) is 0.353. The molecule has 0 saturated carbocycles. The molecule has 2 N–H and O–H groups in total. The van der Waals surface area contributed by atoms with Crippen LogP contribution in [-0.4, -0.2) is 21.6 Å². The third-order valence-electron chi connectivity index (χ3n) is 2.92. The van der Waals surface area contributed by atoms with Crippen molar-refractivity contribution >= 4 is 17.5 Å². The van der Waals surface area contributed by atoms with E-state index in [9.17, 15) is 4.79 Å². The first-order chi connectivity index (χ1) is 10.3. The van der Waals surface area contributed by atoms with Gasteiger partial charge >= 0.3 is 0 Å². The van der Waals surface area contributed by atoms with E-state index in [0.717, 1.165) is 5.56 Å². The van der Waals surface area contributed by atoms with Crippen molar-refractivity contribution in [2.75, 3.05) is 10.6 Å². The number of rotatable bonds is 4. The monoisotopic (exact) mass is 298 g/mol. The minimum Gasteiger partial charge on any atom is -0.364 e. The number of benzene rings is 1. The maximum absolute atomic E-state index is 12.0. The highest BCUT2D eigenvalue weighted by atomic mass is 16.1. The Bertz CT molecular complexity index is 627. The van der Waals surface area contributed by atoms with Crippen LogP contribution in [-0.2, 0) is 11.2 Å². The average molecular weight is 298 g/mol. The van der Waals surface area contributed by atoms with Crippen LogP contribution in [0.1, 0.15) is 31.9 Å². The zero-order chi connectivity index (χ0) is 16.2. The van der Waals surface area contributed by atoms with E-state index in [0.29, 0.717) is 18.1 Å². The molecule has 0 unspecified atom stereocenters. The number of amides is 1. The lowest BCUT2D eigenvalue weighted by Crippen LogP contribution is -2.27. The fourth-order valence-corrected chi connectivity index (χ4v) is 1.93. The summed E-state index contributed by atoms with van der Waals surface area (Å²) in [4.78, 5) is 12.0. The van der Waals surface area contributed by atoms with Gasteiger partial charge in [0.05, 0.1) is 6.42 Å². The summed E-state index contributed by atoms with van der Waals surface area (Å²) in [6, 6.07) is 11.5. The highest BCUT2D eigenvalue weighted by molar-refractivity contribution is 5.91. The van der Waals surface area contributed by atoms with Crippen molar-refractivity contribution < 1.29 is 4.79 Å². The van der Waals surface area contributed by atoms with Crippen molar-refractivity contribution in [3.05, 3.63) is 47.5 Å². The Morgan fingerprint density at radius 3 is 2.14 bits per heavy atom. The van der Waals surface area contributed by atoms with Crippen molar-refractivity contribution in [3.8, 4) is 0 Å². The van der Waals surface area contributed by atoms with Crippen LogP contribution in [0.3, 0.4) is 0 Å². The molecule has 22 heavy (non-hydrogen) atoms. The van der Waals surface area contributed by atoms with Crippen LogP contribution in [0, 0.1) is 6.92 Å². The Balaban J connectivity index is 1.93. The van der Waals surface area contributed by atoms with Gasteiger partial charge in [0.15, 0.2) is 5.82 Å². The lowest BCUT2D eigenvalue weighted by Gasteiger charge is -2.20. The van der Waals surface area contributed by atoms with Gasteiger partial charge in [-0.2, -0.15) is 0 Å². The smallest absolute Gasteiger partial charge is 0.229 e. The summed E-state index contributed by atoms with van der Waals surface area (Å²) in [5, 5.41) is 14.0. The summed E-state index contributed by atoms with van der Waals surface area (Å²) < 4.78 is 0. The van der Waals surface area contributed by atoms with Gasteiger partial charge in [0.1, 0.15) is 5.82 Å². The molecular formula is C17H22N4O. The molecule has 1 aromatic carbocycles. The van der Waals surface area contributed by atoms with Crippen LogP contribution in [0.25, 0.3) is 0 Å². The minimum atomic E-state index is -0.102. The first-order valence-electron chi connectivity index (χ1n) is 7.29. The summed E-state index contributed by atoms with van der Waals surface area (Å²) >= 11 is 0. The molecule has 5 nitrogen and oxygen atoms in total. The summed E-state index contributed by atoms with van der Waals surface area (Å²) in [7, 11) is 0. The lowest BCUT2D eigenvalue weighted by molar-refractivity contribution is -0.115. The number of aromatic nitrogens is 2. The molecule has 1 aromatic heterocycles. The number of nitrogens with one attached hydrogen (secondary N) is 2. The molecule has 2 aromatic rings. The van der Waals surface area contributed by atoms with Gasteiger partial charge in [-0.05, 0) is 45.4 Å². The van der Waals surface area contributed by atoms with Gasteiger partial charge < -0.3 is 10.6 Å². The molecule has 0 aliphatic carbocycles. The van der Waals surface area contributed by atoms with E-state index in [4.69, 9.17) is 0 Å². The molecule has 116 valence electrons. The van der Waals surface area contributed by atoms with Crippen molar-refractivity contribution in [1.82, 2.24) is 10.2 Å². The number of carbonyl (C=O) groups excluding carboxylic acids is 1.